The molecule has 3 unspecified atom stereocenters. The average molecular weight is 380 g/mol. The highest BCUT2D eigenvalue weighted by Gasteiger charge is 2.26. The number of carbonyl (C=O) groups is 1. The van der Waals surface area contributed by atoms with Crippen LogP contribution in [-0.2, 0) is 4.79 Å². The lowest BCUT2D eigenvalue weighted by molar-refractivity contribution is -0.122. The smallest absolute Gasteiger partial charge is 0.220 e. The van der Waals surface area contributed by atoms with E-state index in [4.69, 9.17) is 0 Å². The highest BCUT2D eigenvalue weighted by atomic mass is 127. The lowest BCUT2D eigenvalue weighted by atomic mass is 10.1. The zero-order valence-electron chi connectivity index (χ0n) is 11.6. The van der Waals surface area contributed by atoms with Crippen LogP contribution in [-0.4, -0.2) is 53.1 Å². The van der Waals surface area contributed by atoms with Crippen molar-refractivity contribution in [1.29, 1.82) is 0 Å². The monoisotopic (exact) mass is 380 g/mol. The Balaban J connectivity index is 1.56. The first-order chi connectivity index (χ1) is 9.15. The van der Waals surface area contributed by atoms with E-state index in [1.807, 2.05) is 0 Å². The van der Waals surface area contributed by atoms with Crippen LogP contribution in [0.4, 0.5) is 0 Å². The fraction of sp³-hybridized carbons (Fsp3) is 0.923. The van der Waals surface area contributed by atoms with Gasteiger partial charge in [0.05, 0.1) is 0 Å². The van der Waals surface area contributed by atoms with E-state index in [9.17, 15) is 4.79 Å². The first-order valence-corrected chi connectivity index (χ1v) is 8.55. The molecule has 3 atom stereocenters. The van der Waals surface area contributed by atoms with Gasteiger partial charge in [-0.05, 0) is 32.7 Å². The Morgan fingerprint density at radius 2 is 2.37 bits per heavy atom. The number of hydrogen-bond acceptors (Lipinski definition) is 4. The number of nitrogens with one attached hydrogen (secondary N) is 3. The first-order valence-electron chi connectivity index (χ1n) is 7.30. The summed E-state index contributed by atoms with van der Waals surface area (Å²) in [5.74, 6) is 0.201. The Hall–Kier alpha value is 0.0800. The van der Waals surface area contributed by atoms with Gasteiger partial charge in [0, 0.05) is 42.1 Å². The number of hydrazine groups is 1. The molecule has 2 rings (SSSR count). The summed E-state index contributed by atoms with van der Waals surface area (Å²) in [6, 6.07) is 0.882. The third kappa shape index (κ3) is 5.17. The number of piperidine rings is 1. The molecular weight excluding hydrogens is 355 g/mol. The Kier molecular flexibility index (Phi) is 6.31. The van der Waals surface area contributed by atoms with Gasteiger partial charge in [-0.3, -0.25) is 10.2 Å². The number of carbonyl (C=O) groups excluding carboxylic acids is 1. The van der Waals surface area contributed by atoms with Gasteiger partial charge in [-0.2, -0.15) is 0 Å². The molecule has 3 N–H and O–H groups in total. The van der Waals surface area contributed by atoms with Crippen LogP contribution in [0.2, 0.25) is 0 Å². The summed E-state index contributed by atoms with van der Waals surface area (Å²) in [5, 5.41) is 8.68. The lowest BCUT2D eigenvalue weighted by Gasteiger charge is -2.24. The van der Waals surface area contributed by atoms with Crippen LogP contribution in [0.15, 0.2) is 0 Å². The van der Waals surface area contributed by atoms with Gasteiger partial charge in [0.15, 0.2) is 0 Å². The van der Waals surface area contributed by atoms with Crippen LogP contribution < -0.4 is 16.1 Å². The summed E-state index contributed by atoms with van der Waals surface area (Å²) in [6.45, 7) is 6.26. The summed E-state index contributed by atoms with van der Waals surface area (Å²) in [7, 11) is 0. The molecule has 5 nitrogen and oxygen atoms in total. The number of nitrogens with zero attached hydrogens (tertiary/aromatic N) is 1. The van der Waals surface area contributed by atoms with Crippen LogP contribution in [0, 0.1) is 0 Å². The van der Waals surface area contributed by atoms with Gasteiger partial charge < -0.3 is 10.6 Å². The van der Waals surface area contributed by atoms with Gasteiger partial charge in [-0.15, -0.1) is 0 Å². The Labute approximate surface area is 129 Å². The van der Waals surface area contributed by atoms with Crippen LogP contribution in [0.5, 0.6) is 0 Å². The van der Waals surface area contributed by atoms with E-state index in [1.165, 1.54) is 0 Å². The number of halogens is 1. The number of alkyl halides is 1. The van der Waals surface area contributed by atoms with Crippen molar-refractivity contribution in [2.45, 2.75) is 48.6 Å². The topological polar surface area (TPSA) is 56.4 Å². The molecule has 2 aliphatic heterocycles. The summed E-state index contributed by atoms with van der Waals surface area (Å²) < 4.78 is 0.666. The minimum absolute atomic E-state index is 0.201. The number of amides is 1. The molecule has 2 aliphatic rings. The van der Waals surface area contributed by atoms with E-state index >= 15 is 0 Å². The third-order valence-electron chi connectivity index (χ3n) is 3.82. The minimum Gasteiger partial charge on any atom is -0.352 e. The van der Waals surface area contributed by atoms with Gasteiger partial charge in [0.2, 0.25) is 5.91 Å². The molecule has 0 aromatic carbocycles. The lowest BCUT2D eigenvalue weighted by Crippen LogP contribution is -2.45. The van der Waals surface area contributed by atoms with Crippen molar-refractivity contribution < 1.29 is 4.79 Å². The summed E-state index contributed by atoms with van der Waals surface area (Å²) >= 11 is 2.48. The molecule has 0 saturated carbocycles. The quantitative estimate of drug-likeness (QED) is 0.484. The molecule has 0 bridgehead atoms. The highest BCUT2D eigenvalue weighted by Crippen LogP contribution is 2.15. The number of hydrogen-bond donors (Lipinski definition) is 3. The predicted molar refractivity (Wildman–Crippen MR) is 85.2 cm³/mol. The fourth-order valence-electron chi connectivity index (χ4n) is 2.65. The zero-order chi connectivity index (χ0) is 13.7. The largest absolute Gasteiger partial charge is 0.352 e. The van der Waals surface area contributed by atoms with Crippen LogP contribution in [0.25, 0.3) is 0 Å². The van der Waals surface area contributed by atoms with Gasteiger partial charge in [0.1, 0.15) is 0 Å². The molecule has 0 aromatic rings. The SMILES string of the molecule is CC1NN(CCCC(=O)NC2CCCNC2)CC1I. The zero-order valence-corrected chi connectivity index (χ0v) is 13.8. The van der Waals surface area contributed by atoms with Crippen molar-refractivity contribution >= 4 is 28.5 Å². The van der Waals surface area contributed by atoms with Crippen molar-refractivity contribution in [2.24, 2.45) is 0 Å². The second-order valence-corrected chi connectivity index (χ2v) is 7.19. The Morgan fingerprint density at radius 3 is 3.00 bits per heavy atom. The molecular formula is C13H25IN4O. The van der Waals surface area contributed by atoms with Gasteiger partial charge in [0.25, 0.3) is 0 Å². The van der Waals surface area contributed by atoms with E-state index in [1.54, 1.807) is 0 Å². The van der Waals surface area contributed by atoms with Crippen molar-refractivity contribution in [3.63, 3.8) is 0 Å². The van der Waals surface area contributed by atoms with Crippen molar-refractivity contribution in [3.8, 4) is 0 Å². The summed E-state index contributed by atoms with van der Waals surface area (Å²) in [4.78, 5) is 11.8. The third-order valence-corrected chi connectivity index (χ3v) is 5.29. The van der Waals surface area contributed by atoms with E-state index < -0.39 is 0 Å². The molecule has 2 saturated heterocycles. The average Bonchev–Trinajstić information content (AvgIpc) is 2.70. The normalized spacial score (nSPS) is 32.4. The van der Waals surface area contributed by atoms with Crippen LogP contribution >= 0.6 is 22.6 Å². The van der Waals surface area contributed by atoms with E-state index in [2.05, 4.69) is 50.6 Å². The fourth-order valence-corrected chi connectivity index (χ4v) is 3.29. The molecule has 110 valence electrons. The molecule has 1 amide bonds. The van der Waals surface area contributed by atoms with E-state index in [0.717, 1.165) is 45.4 Å². The van der Waals surface area contributed by atoms with Gasteiger partial charge in [-0.25, -0.2) is 5.01 Å². The summed E-state index contributed by atoms with van der Waals surface area (Å²) in [5.41, 5.74) is 3.44. The molecule has 19 heavy (non-hydrogen) atoms. The Morgan fingerprint density at radius 1 is 1.53 bits per heavy atom. The van der Waals surface area contributed by atoms with Crippen molar-refractivity contribution in [3.05, 3.63) is 0 Å². The van der Waals surface area contributed by atoms with Crippen LogP contribution in [0.1, 0.15) is 32.6 Å². The molecule has 0 radical (unpaired) electrons. The predicted octanol–water partition coefficient (Wildman–Crippen LogP) is 0.647. The maximum absolute atomic E-state index is 11.8. The van der Waals surface area contributed by atoms with E-state index in [-0.39, 0.29) is 5.91 Å². The second kappa shape index (κ2) is 7.75. The molecule has 2 fully saturated rings. The standard InChI is InChI=1S/C13H25IN4O/c1-10-12(14)9-18(17-10)7-3-5-13(19)16-11-4-2-6-15-8-11/h10-12,15,17H,2-9H2,1H3,(H,16,19). The highest BCUT2D eigenvalue weighted by molar-refractivity contribution is 14.1. The van der Waals surface area contributed by atoms with Crippen molar-refractivity contribution in [2.75, 3.05) is 26.2 Å². The molecule has 6 heteroatoms. The van der Waals surface area contributed by atoms with Crippen molar-refractivity contribution in [1.82, 2.24) is 21.1 Å². The maximum Gasteiger partial charge on any atom is 0.220 e. The van der Waals surface area contributed by atoms with E-state index in [0.29, 0.717) is 22.4 Å². The van der Waals surface area contributed by atoms with Crippen LogP contribution in [0.3, 0.4) is 0 Å². The van der Waals surface area contributed by atoms with Gasteiger partial charge >= 0.3 is 0 Å². The summed E-state index contributed by atoms with van der Waals surface area (Å²) in [6.07, 6.45) is 3.84. The second-order valence-electron chi connectivity index (χ2n) is 5.59. The molecule has 2 heterocycles. The van der Waals surface area contributed by atoms with Gasteiger partial charge in [-0.1, -0.05) is 22.6 Å². The molecule has 0 aliphatic carbocycles. The minimum atomic E-state index is 0.201. The Bertz CT molecular complexity index is 286. The molecule has 0 aromatic heterocycles. The number of rotatable bonds is 5. The maximum atomic E-state index is 11.8. The first kappa shape index (κ1) is 15.5. The molecule has 0 spiro atoms.